The van der Waals surface area contributed by atoms with Gasteiger partial charge in [-0.05, 0) is 67.4 Å². The number of anilines is 1. The van der Waals surface area contributed by atoms with Crippen molar-refractivity contribution < 1.29 is 19.4 Å². The third kappa shape index (κ3) is 4.29. The van der Waals surface area contributed by atoms with E-state index in [1.807, 2.05) is 32.0 Å². The van der Waals surface area contributed by atoms with Gasteiger partial charge in [0.15, 0.2) is 6.61 Å². The molecule has 8 heteroatoms. The van der Waals surface area contributed by atoms with Crippen LogP contribution in [0.3, 0.4) is 0 Å². The number of hydrogen-bond donors (Lipinski definition) is 2. The molecule has 0 saturated carbocycles. The second-order valence-corrected chi connectivity index (χ2v) is 7.69. The number of aryl methyl sites for hydroxylation is 2. The number of imidazole rings is 1. The monoisotopic (exact) mass is 449 g/mol. The Morgan fingerprint density at radius 1 is 1.06 bits per heavy atom. The second kappa shape index (κ2) is 8.72. The third-order valence-electron chi connectivity index (χ3n) is 5.00. The van der Waals surface area contributed by atoms with Gasteiger partial charge in [0, 0.05) is 22.9 Å². The summed E-state index contributed by atoms with van der Waals surface area (Å²) in [6.07, 6.45) is 0. The van der Waals surface area contributed by atoms with Crippen LogP contribution in [0.15, 0.2) is 60.7 Å². The van der Waals surface area contributed by atoms with Crippen molar-refractivity contribution in [2.45, 2.75) is 13.8 Å². The van der Waals surface area contributed by atoms with Crippen molar-refractivity contribution in [2.24, 2.45) is 0 Å². The highest BCUT2D eigenvalue weighted by atomic mass is 35.5. The minimum atomic E-state index is -1.03. The van der Waals surface area contributed by atoms with Gasteiger partial charge in [0.25, 0.3) is 5.91 Å². The van der Waals surface area contributed by atoms with Gasteiger partial charge in [0.05, 0.1) is 16.7 Å². The molecule has 0 aliphatic carbocycles. The molecule has 32 heavy (non-hydrogen) atoms. The fourth-order valence-corrected chi connectivity index (χ4v) is 3.79. The molecule has 162 valence electrons. The van der Waals surface area contributed by atoms with Gasteiger partial charge in [-0.2, -0.15) is 0 Å². The highest BCUT2D eigenvalue weighted by molar-refractivity contribution is 6.39. The first kappa shape index (κ1) is 21.4. The maximum Gasteiger partial charge on any atom is 0.341 e. The summed E-state index contributed by atoms with van der Waals surface area (Å²) in [5.74, 6) is -0.244. The molecule has 1 heterocycles. The van der Waals surface area contributed by atoms with Crippen molar-refractivity contribution in [2.75, 3.05) is 11.0 Å². The lowest BCUT2D eigenvalue weighted by atomic mass is 10.0. The molecular formula is C24H20ClN3O4. The highest BCUT2D eigenvalue weighted by Gasteiger charge is 2.18. The summed E-state index contributed by atoms with van der Waals surface area (Å²) < 4.78 is 6.38. The van der Waals surface area contributed by atoms with Crippen LogP contribution in [-0.4, -0.2) is 33.6 Å². The summed E-state index contributed by atoms with van der Waals surface area (Å²) in [7, 11) is 0. The van der Waals surface area contributed by atoms with Gasteiger partial charge in [0.2, 0.25) is 0 Å². The molecule has 4 aromatic rings. The average Bonchev–Trinajstić information content (AvgIpc) is 3.19. The van der Waals surface area contributed by atoms with E-state index in [1.54, 1.807) is 42.5 Å². The van der Waals surface area contributed by atoms with Crippen LogP contribution in [0.25, 0.3) is 22.4 Å². The molecule has 0 radical (unpaired) electrons. The standard InChI is InChI=1S/C24H20ClN3O4/c1-14-10-18(32-13-21(29)30)11-15(2)22(14)23-26-19-9-8-16(12-20(19)27-23)24(31)28(25)17-6-4-3-5-7-17/h3-12H,13H2,1-2H3,(H,26,27)(H,29,30). The molecule has 0 unspecified atom stereocenters. The molecule has 0 saturated heterocycles. The van der Waals surface area contributed by atoms with Crippen molar-refractivity contribution in [3.8, 4) is 17.1 Å². The van der Waals surface area contributed by atoms with E-state index in [4.69, 9.17) is 21.6 Å². The Labute approximate surface area is 189 Å². The molecule has 0 atom stereocenters. The van der Waals surface area contributed by atoms with Crippen LogP contribution in [-0.2, 0) is 4.79 Å². The maximum atomic E-state index is 12.8. The van der Waals surface area contributed by atoms with Crippen LogP contribution < -0.4 is 9.16 Å². The van der Waals surface area contributed by atoms with Crippen LogP contribution >= 0.6 is 11.8 Å². The molecule has 2 N–H and O–H groups in total. The van der Waals surface area contributed by atoms with E-state index in [0.29, 0.717) is 33.9 Å². The van der Waals surface area contributed by atoms with Crippen molar-refractivity contribution >= 4 is 40.4 Å². The minimum Gasteiger partial charge on any atom is -0.482 e. The number of aromatic amines is 1. The minimum absolute atomic E-state index is 0.344. The van der Waals surface area contributed by atoms with Gasteiger partial charge < -0.3 is 14.8 Å². The Kier molecular flexibility index (Phi) is 5.83. The molecule has 0 bridgehead atoms. The predicted octanol–water partition coefficient (Wildman–Crippen LogP) is 5.11. The number of amides is 1. The summed E-state index contributed by atoms with van der Waals surface area (Å²) in [6.45, 7) is 3.41. The van der Waals surface area contributed by atoms with Crippen molar-refractivity contribution in [1.82, 2.24) is 9.97 Å². The van der Waals surface area contributed by atoms with E-state index in [1.165, 1.54) is 0 Å². The Morgan fingerprint density at radius 3 is 2.41 bits per heavy atom. The Hall–Kier alpha value is -3.84. The van der Waals surface area contributed by atoms with Gasteiger partial charge in [-0.15, -0.1) is 0 Å². The number of carboxylic acids is 1. The fraction of sp³-hybridized carbons (Fsp3) is 0.125. The number of benzene rings is 3. The number of rotatable bonds is 6. The lowest BCUT2D eigenvalue weighted by Gasteiger charge is -2.13. The SMILES string of the molecule is Cc1cc(OCC(=O)O)cc(C)c1-c1nc2ccc(C(=O)N(Cl)c3ccccc3)cc2[nH]1. The second-order valence-electron chi connectivity index (χ2n) is 7.35. The molecule has 0 spiro atoms. The molecule has 0 aliphatic heterocycles. The summed E-state index contributed by atoms with van der Waals surface area (Å²) in [5, 5.41) is 8.81. The molecule has 0 aliphatic rings. The Balaban J connectivity index is 1.65. The van der Waals surface area contributed by atoms with E-state index in [0.717, 1.165) is 21.1 Å². The number of ether oxygens (including phenoxy) is 1. The number of hydrogen-bond acceptors (Lipinski definition) is 4. The molecule has 4 rings (SSSR count). The van der Waals surface area contributed by atoms with Crippen LogP contribution in [0, 0.1) is 13.8 Å². The zero-order valence-electron chi connectivity index (χ0n) is 17.4. The van der Waals surface area contributed by atoms with Crippen LogP contribution in [0.4, 0.5) is 5.69 Å². The number of H-pyrrole nitrogens is 1. The lowest BCUT2D eigenvalue weighted by molar-refractivity contribution is -0.139. The van der Waals surface area contributed by atoms with Gasteiger partial charge in [-0.1, -0.05) is 18.2 Å². The van der Waals surface area contributed by atoms with E-state index in [9.17, 15) is 9.59 Å². The van der Waals surface area contributed by atoms with Gasteiger partial charge in [-0.3, -0.25) is 4.79 Å². The van der Waals surface area contributed by atoms with Gasteiger partial charge in [-0.25, -0.2) is 14.2 Å². The van der Waals surface area contributed by atoms with E-state index >= 15 is 0 Å². The van der Waals surface area contributed by atoms with Crippen molar-refractivity contribution in [1.29, 1.82) is 0 Å². The number of nitrogens with one attached hydrogen (secondary N) is 1. The average molecular weight is 450 g/mol. The van der Waals surface area contributed by atoms with Crippen LogP contribution in [0.5, 0.6) is 5.75 Å². The molecule has 3 aromatic carbocycles. The quantitative estimate of drug-likeness (QED) is 0.399. The Bertz CT molecular complexity index is 1290. The number of para-hydroxylation sites is 1. The summed E-state index contributed by atoms with van der Waals surface area (Å²) >= 11 is 6.25. The largest absolute Gasteiger partial charge is 0.482 e. The molecule has 1 aromatic heterocycles. The molecule has 0 fully saturated rings. The number of carboxylic acid groups (broad SMARTS) is 1. The number of nitrogens with zero attached hydrogens (tertiary/aromatic N) is 2. The highest BCUT2D eigenvalue weighted by Crippen LogP contribution is 2.31. The summed E-state index contributed by atoms with van der Waals surface area (Å²) in [6, 6.07) is 17.7. The molecule has 7 nitrogen and oxygen atoms in total. The molecular weight excluding hydrogens is 430 g/mol. The first-order valence-corrected chi connectivity index (χ1v) is 10.2. The number of carbonyl (C=O) groups excluding carboxylic acids is 1. The molecule has 1 amide bonds. The first-order valence-electron chi connectivity index (χ1n) is 9.85. The number of halogens is 1. The van der Waals surface area contributed by atoms with Gasteiger partial charge in [0.1, 0.15) is 11.6 Å². The fourth-order valence-electron chi connectivity index (χ4n) is 3.58. The summed E-state index contributed by atoms with van der Waals surface area (Å²) in [4.78, 5) is 31.5. The number of fused-ring (bicyclic) bond motifs is 1. The lowest BCUT2D eigenvalue weighted by Crippen LogP contribution is -2.20. The first-order chi connectivity index (χ1) is 15.3. The number of aromatic nitrogens is 2. The van der Waals surface area contributed by atoms with Crippen molar-refractivity contribution in [3.05, 3.63) is 77.4 Å². The van der Waals surface area contributed by atoms with Crippen molar-refractivity contribution in [3.63, 3.8) is 0 Å². The van der Waals surface area contributed by atoms with Gasteiger partial charge >= 0.3 is 5.97 Å². The number of carbonyl (C=O) groups is 2. The maximum absolute atomic E-state index is 12.8. The van der Waals surface area contributed by atoms with Crippen LogP contribution in [0.1, 0.15) is 21.5 Å². The Morgan fingerprint density at radius 2 is 1.75 bits per heavy atom. The van der Waals surface area contributed by atoms with E-state index in [2.05, 4.69) is 9.97 Å². The third-order valence-corrected chi connectivity index (χ3v) is 5.34. The van der Waals surface area contributed by atoms with E-state index in [-0.39, 0.29) is 5.91 Å². The van der Waals surface area contributed by atoms with E-state index < -0.39 is 12.6 Å². The summed E-state index contributed by atoms with van der Waals surface area (Å²) in [5.41, 5.74) is 5.09. The zero-order valence-corrected chi connectivity index (χ0v) is 18.2. The normalized spacial score (nSPS) is 10.8. The number of aliphatic carboxylic acids is 1. The smallest absolute Gasteiger partial charge is 0.341 e. The van der Waals surface area contributed by atoms with Crippen LogP contribution in [0.2, 0.25) is 0 Å². The zero-order chi connectivity index (χ0) is 22.8. The predicted molar refractivity (Wildman–Crippen MR) is 123 cm³/mol. The topological polar surface area (TPSA) is 95.5 Å².